The van der Waals surface area contributed by atoms with Crippen LogP contribution in [-0.2, 0) is 4.74 Å². The number of nitrogens with zero attached hydrogens (tertiary/aromatic N) is 4. The molecule has 2 aromatic heterocycles. The first kappa shape index (κ1) is 23.4. The lowest BCUT2D eigenvalue weighted by atomic mass is 9.73. The number of anilines is 1. The van der Waals surface area contributed by atoms with Crippen molar-refractivity contribution in [2.75, 3.05) is 31.1 Å². The summed E-state index contributed by atoms with van der Waals surface area (Å²) in [7, 11) is 0. The molecule has 36 heavy (non-hydrogen) atoms. The zero-order valence-corrected chi connectivity index (χ0v) is 21.5. The van der Waals surface area contributed by atoms with Gasteiger partial charge in [0.05, 0.1) is 10.4 Å². The predicted octanol–water partition coefficient (Wildman–Crippen LogP) is 6.50. The number of rotatable bonds is 2. The summed E-state index contributed by atoms with van der Waals surface area (Å²) in [5.41, 5.74) is 0.252. The monoisotopic (exact) mass is 528 g/mol. The van der Waals surface area contributed by atoms with Gasteiger partial charge in [-0.15, -0.1) is 0 Å². The van der Waals surface area contributed by atoms with Crippen molar-refractivity contribution in [3.63, 3.8) is 0 Å². The van der Waals surface area contributed by atoms with Gasteiger partial charge in [0.25, 0.3) is 0 Å². The second-order valence-corrected chi connectivity index (χ2v) is 11.8. The van der Waals surface area contributed by atoms with Crippen LogP contribution in [0.2, 0.25) is 5.02 Å². The first-order valence-electron chi connectivity index (χ1n) is 11.6. The molecule has 2 aliphatic rings. The van der Waals surface area contributed by atoms with Crippen molar-refractivity contribution in [1.29, 1.82) is 0 Å². The zero-order chi connectivity index (χ0) is 25.4. The summed E-state index contributed by atoms with van der Waals surface area (Å²) in [4.78, 5) is 20.6. The number of aromatic nitrogens is 2. The number of hydrogen-bond acceptors (Lipinski definition) is 6. The van der Waals surface area contributed by atoms with Crippen molar-refractivity contribution in [2.24, 2.45) is 5.41 Å². The van der Waals surface area contributed by atoms with Crippen LogP contribution in [0.4, 0.5) is 18.6 Å². The maximum absolute atomic E-state index is 15.7. The Morgan fingerprint density at radius 3 is 2.61 bits per heavy atom. The van der Waals surface area contributed by atoms with Crippen molar-refractivity contribution in [1.82, 2.24) is 14.3 Å². The lowest BCUT2D eigenvalue weighted by Crippen LogP contribution is -2.73. The number of benzene rings is 2. The number of carbonyl (C=O) groups excluding carboxylic acids is 1. The second-order valence-electron chi connectivity index (χ2n) is 10.6. The van der Waals surface area contributed by atoms with E-state index >= 15 is 4.39 Å². The van der Waals surface area contributed by atoms with Crippen LogP contribution in [0.15, 0.2) is 36.5 Å². The second kappa shape index (κ2) is 7.98. The minimum atomic E-state index is -0.568. The quantitative estimate of drug-likeness (QED) is 0.297. The van der Waals surface area contributed by atoms with E-state index in [2.05, 4.69) is 14.3 Å². The van der Waals surface area contributed by atoms with E-state index in [9.17, 15) is 9.18 Å². The van der Waals surface area contributed by atoms with Gasteiger partial charge in [-0.05, 0) is 43.8 Å². The average Bonchev–Trinajstić information content (AvgIpc) is 3.18. The van der Waals surface area contributed by atoms with E-state index in [0.29, 0.717) is 34.8 Å². The molecule has 186 valence electrons. The number of halogens is 3. The molecule has 2 fully saturated rings. The molecule has 6 nitrogen and oxygen atoms in total. The summed E-state index contributed by atoms with van der Waals surface area (Å²) in [6.45, 7) is 8.36. The summed E-state index contributed by atoms with van der Waals surface area (Å²) in [6, 6.07) is 8.16. The normalized spacial score (nSPS) is 16.9. The minimum Gasteiger partial charge on any atom is -0.444 e. The molecule has 0 unspecified atom stereocenters. The van der Waals surface area contributed by atoms with Gasteiger partial charge in [-0.3, -0.25) is 4.98 Å². The van der Waals surface area contributed by atoms with E-state index in [0.717, 1.165) is 18.1 Å². The van der Waals surface area contributed by atoms with Crippen molar-refractivity contribution < 1.29 is 18.3 Å². The molecule has 0 atom stereocenters. The van der Waals surface area contributed by atoms with Gasteiger partial charge in [-0.25, -0.2) is 13.6 Å². The fourth-order valence-corrected chi connectivity index (χ4v) is 6.23. The maximum atomic E-state index is 15.7. The minimum absolute atomic E-state index is 0.0307. The van der Waals surface area contributed by atoms with Crippen molar-refractivity contribution in [2.45, 2.75) is 26.4 Å². The first-order valence-corrected chi connectivity index (χ1v) is 12.7. The molecular weight excluding hydrogens is 506 g/mol. The van der Waals surface area contributed by atoms with Crippen LogP contribution < -0.4 is 4.90 Å². The van der Waals surface area contributed by atoms with E-state index in [1.54, 1.807) is 35.4 Å². The molecule has 0 aliphatic carbocycles. The summed E-state index contributed by atoms with van der Waals surface area (Å²) in [5.74, 6) is -1.13. The van der Waals surface area contributed by atoms with Gasteiger partial charge in [0.1, 0.15) is 27.6 Å². The van der Waals surface area contributed by atoms with Gasteiger partial charge in [-0.2, -0.15) is 4.37 Å². The first-order chi connectivity index (χ1) is 17.1. The van der Waals surface area contributed by atoms with E-state index in [1.165, 1.54) is 17.6 Å². The van der Waals surface area contributed by atoms with Crippen molar-refractivity contribution in [3.05, 3.63) is 53.2 Å². The van der Waals surface area contributed by atoms with Gasteiger partial charge in [0.2, 0.25) is 0 Å². The van der Waals surface area contributed by atoms with E-state index in [-0.39, 0.29) is 27.7 Å². The van der Waals surface area contributed by atoms with Gasteiger partial charge in [0, 0.05) is 48.7 Å². The van der Waals surface area contributed by atoms with Gasteiger partial charge < -0.3 is 14.5 Å². The molecule has 0 saturated carbocycles. The van der Waals surface area contributed by atoms with Gasteiger partial charge in [-0.1, -0.05) is 35.9 Å². The number of hydrogen-bond donors (Lipinski definition) is 0. The highest BCUT2D eigenvalue weighted by Gasteiger charge is 2.54. The topological polar surface area (TPSA) is 58.6 Å². The van der Waals surface area contributed by atoms with Crippen LogP contribution >= 0.6 is 23.1 Å². The highest BCUT2D eigenvalue weighted by Crippen LogP contribution is 2.46. The smallest absolute Gasteiger partial charge is 0.410 e. The Morgan fingerprint density at radius 1 is 1.14 bits per heavy atom. The van der Waals surface area contributed by atoms with Crippen LogP contribution in [0.25, 0.3) is 32.9 Å². The van der Waals surface area contributed by atoms with Crippen molar-refractivity contribution >= 4 is 55.9 Å². The average molecular weight is 529 g/mol. The van der Waals surface area contributed by atoms with E-state index in [1.807, 2.05) is 20.8 Å². The van der Waals surface area contributed by atoms with E-state index < -0.39 is 17.2 Å². The lowest BCUT2D eigenvalue weighted by Gasteiger charge is -2.60. The third-order valence-corrected chi connectivity index (χ3v) is 7.98. The molecule has 0 N–H and O–H groups in total. The summed E-state index contributed by atoms with van der Waals surface area (Å²) in [6.07, 6.45) is 1.33. The zero-order valence-electron chi connectivity index (χ0n) is 19.9. The Kier molecular flexibility index (Phi) is 5.18. The van der Waals surface area contributed by atoms with Crippen molar-refractivity contribution in [3.8, 4) is 11.3 Å². The highest BCUT2D eigenvalue weighted by atomic mass is 35.5. The molecule has 1 amide bonds. The molecule has 6 rings (SSSR count). The van der Waals surface area contributed by atoms with Crippen LogP contribution in [-0.4, -0.2) is 52.1 Å². The third-order valence-electron chi connectivity index (χ3n) is 6.68. The summed E-state index contributed by atoms with van der Waals surface area (Å²) in [5, 5.41) is 2.55. The Hall–Kier alpha value is -3.04. The molecule has 0 radical (unpaired) electrons. The number of fused-ring (bicyclic) bond motifs is 2. The molecule has 2 aliphatic heterocycles. The highest BCUT2D eigenvalue weighted by molar-refractivity contribution is 7.11. The molecular formula is C26H23ClF2N4O2S. The lowest BCUT2D eigenvalue weighted by molar-refractivity contribution is -0.0450. The SMILES string of the molecule is CC(C)(C)OC(=O)N1CC2(C1)CN(c1snc3c(F)c(-c4cccc5ccc(F)c(Cl)c45)ncc13)C2. The van der Waals surface area contributed by atoms with Crippen LogP contribution in [0.5, 0.6) is 0 Å². The van der Waals surface area contributed by atoms with Gasteiger partial charge >= 0.3 is 6.09 Å². The summed E-state index contributed by atoms with van der Waals surface area (Å²) < 4.78 is 39.7. The molecule has 2 aromatic carbocycles. The number of carbonyl (C=O) groups is 1. The van der Waals surface area contributed by atoms with Crippen LogP contribution in [0.1, 0.15) is 20.8 Å². The number of amides is 1. The van der Waals surface area contributed by atoms with Crippen LogP contribution in [0.3, 0.4) is 0 Å². The Bertz CT molecular complexity index is 1540. The third kappa shape index (κ3) is 3.67. The Labute approximate surface area is 215 Å². The van der Waals surface area contributed by atoms with Crippen LogP contribution in [0, 0.1) is 17.0 Å². The number of pyridine rings is 1. The standard InChI is InChI=1S/C26H23ClF2N4O2S/c1-25(2,3)35-24(34)33-12-26(13-33)10-32(11-26)23-16-9-30-21(20(29)22(16)31-36-23)15-6-4-5-14-7-8-17(28)19(27)18(14)15/h4-9H,10-13H2,1-3H3. The van der Waals surface area contributed by atoms with E-state index in [4.69, 9.17) is 16.3 Å². The molecule has 2 saturated heterocycles. The predicted molar refractivity (Wildman–Crippen MR) is 138 cm³/mol. The number of likely N-dealkylation sites (tertiary alicyclic amines) is 1. The number of ether oxygens (including phenoxy) is 1. The molecule has 4 heterocycles. The largest absolute Gasteiger partial charge is 0.444 e. The fraction of sp³-hybridized carbons (Fsp3) is 0.346. The molecule has 10 heteroatoms. The Balaban J connectivity index is 1.25. The molecule has 1 spiro atoms. The summed E-state index contributed by atoms with van der Waals surface area (Å²) >= 11 is 7.48. The molecule has 4 aromatic rings. The van der Waals surface area contributed by atoms with Gasteiger partial charge in [0.15, 0.2) is 5.82 Å². The maximum Gasteiger partial charge on any atom is 0.410 e. The Morgan fingerprint density at radius 2 is 1.89 bits per heavy atom. The molecule has 0 bridgehead atoms. The fourth-order valence-electron chi connectivity index (χ4n) is 5.11.